The monoisotopic (exact) mass is 481 g/mol. The first-order valence-corrected chi connectivity index (χ1v) is 12.9. The molecule has 3 aromatic rings. The van der Waals surface area contributed by atoms with Crippen molar-refractivity contribution in [1.29, 1.82) is 0 Å². The van der Waals surface area contributed by atoms with Crippen LogP contribution >= 0.6 is 0 Å². The predicted octanol–water partition coefficient (Wildman–Crippen LogP) is 6.38. The van der Waals surface area contributed by atoms with Gasteiger partial charge in [-0.3, -0.25) is 4.90 Å². The minimum absolute atomic E-state index is 0. The molecule has 192 valence electrons. The Morgan fingerprint density at radius 3 is 2.49 bits per heavy atom. The second kappa shape index (κ2) is 13.9. The number of nitrogens with one attached hydrogen (secondary N) is 1. The molecule has 5 rings (SSSR count). The van der Waals surface area contributed by atoms with Crippen molar-refractivity contribution < 1.29 is 6.16 Å². The van der Waals surface area contributed by atoms with Crippen molar-refractivity contribution in [2.45, 2.75) is 58.9 Å². The van der Waals surface area contributed by atoms with Crippen molar-refractivity contribution in [3.63, 3.8) is 0 Å². The molecule has 0 amide bonds. The van der Waals surface area contributed by atoms with E-state index < -0.39 is 0 Å². The van der Waals surface area contributed by atoms with Gasteiger partial charge in [0.2, 0.25) is 5.95 Å². The minimum atomic E-state index is 0. The Morgan fingerprint density at radius 2 is 1.83 bits per heavy atom. The maximum atomic E-state index is 5.35. The highest BCUT2D eigenvalue weighted by molar-refractivity contribution is 5.81. The van der Waals surface area contributed by atoms with Crippen LogP contribution in [0.25, 0.3) is 16.6 Å². The Bertz CT molecular complexity index is 1060. The summed E-state index contributed by atoms with van der Waals surface area (Å²) in [6.07, 6.45) is 11.0. The van der Waals surface area contributed by atoms with E-state index >= 15 is 0 Å². The van der Waals surface area contributed by atoms with Crippen LogP contribution in [0.15, 0.2) is 46.9 Å². The number of fused-ring (bicyclic) bond motifs is 1. The quantitative estimate of drug-likeness (QED) is 0.437. The number of hydrogen-bond acceptors (Lipinski definition) is 7. The zero-order chi connectivity index (χ0) is 25.0. The molecular weight excluding hydrogens is 438 g/mol. The van der Waals surface area contributed by atoms with Crippen molar-refractivity contribution >= 4 is 17.2 Å². The summed E-state index contributed by atoms with van der Waals surface area (Å²) < 4.78 is 7.17. The first-order valence-electron chi connectivity index (χ1n) is 12.9. The number of aryl methyl sites for hydroxylation is 1. The SMILES string of the molecule is C1CCC(N2CCOCC2)CC1.CC.CN=Nc1ccc(-c2ccn3nc(NC)ncc23)cc1C.[HH]. The van der Waals surface area contributed by atoms with E-state index in [1.807, 2.05) is 55.9 Å². The highest BCUT2D eigenvalue weighted by Gasteiger charge is 2.22. The molecule has 8 heteroatoms. The maximum Gasteiger partial charge on any atom is 0.240 e. The van der Waals surface area contributed by atoms with Gasteiger partial charge in [-0.2, -0.15) is 10.2 Å². The zero-order valence-corrected chi connectivity index (χ0v) is 22.0. The summed E-state index contributed by atoms with van der Waals surface area (Å²) in [5, 5.41) is 15.2. The third kappa shape index (κ3) is 7.08. The Morgan fingerprint density at radius 1 is 1.09 bits per heavy atom. The largest absolute Gasteiger partial charge is 0.379 e. The van der Waals surface area contributed by atoms with Gasteiger partial charge in [0.05, 0.1) is 30.6 Å². The van der Waals surface area contributed by atoms with Crippen molar-refractivity contribution in [3.8, 4) is 11.1 Å². The van der Waals surface area contributed by atoms with E-state index in [1.54, 1.807) is 14.1 Å². The smallest absolute Gasteiger partial charge is 0.240 e. The van der Waals surface area contributed by atoms with Crippen LogP contribution in [0.5, 0.6) is 0 Å². The van der Waals surface area contributed by atoms with Gasteiger partial charge in [-0.25, -0.2) is 9.50 Å². The second-order valence-electron chi connectivity index (χ2n) is 8.63. The van der Waals surface area contributed by atoms with Crippen LogP contribution in [0.4, 0.5) is 11.6 Å². The van der Waals surface area contributed by atoms with Crippen molar-refractivity contribution in [1.82, 2.24) is 19.5 Å². The van der Waals surface area contributed by atoms with Gasteiger partial charge in [0.1, 0.15) is 0 Å². The van der Waals surface area contributed by atoms with Crippen LogP contribution in [0.3, 0.4) is 0 Å². The van der Waals surface area contributed by atoms with E-state index in [0.29, 0.717) is 5.95 Å². The molecule has 0 bridgehead atoms. The second-order valence-corrected chi connectivity index (χ2v) is 8.63. The van der Waals surface area contributed by atoms with Crippen LogP contribution in [0.2, 0.25) is 0 Å². The number of nitrogens with zero attached hydrogens (tertiary/aromatic N) is 6. The summed E-state index contributed by atoms with van der Waals surface area (Å²) >= 11 is 0. The van der Waals surface area contributed by atoms with Gasteiger partial charge in [-0.05, 0) is 49.1 Å². The molecule has 2 fully saturated rings. The third-order valence-corrected chi connectivity index (χ3v) is 6.49. The van der Waals surface area contributed by atoms with E-state index in [4.69, 9.17) is 4.74 Å². The molecule has 1 aliphatic heterocycles. The number of morpholine rings is 1. The fourth-order valence-electron chi connectivity index (χ4n) is 4.69. The van der Waals surface area contributed by atoms with Gasteiger partial charge >= 0.3 is 0 Å². The number of rotatable bonds is 4. The molecule has 35 heavy (non-hydrogen) atoms. The lowest BCUT2D eigenvalue weighted by molar-refractivity contribution is 0.00858. The molecule has 0 atom stereocenters. The van der Waals surface area contributed by atoms with Gasteiger partial charge < -0.3 is 10.1 Å². The fraction of sp³-hybridized carbons (Fsp3) is 0.556. The highest BCUT2D eigenvalue weighted by Crippen LogP contribution is 2.30. The number of anilines is 1. The molecular formula is C27H43N7O. The average molecular weight is 482 g/mol. The molecule has 2 aromatic heterocycles. The van der Waals surface area contributed by atoms with E-state index in [9.17, 15) is 0 Å². The molecule has 1 saturated heterocycles. The molecule has 1 aliphatic carbocycles. The lowest BCUT2D eigenvalue weighted by Crippen LogP contribution is -2.44. The maximum absolute atomic E-state index is 5.35. The summed E-state index contributed by atoms with van der Waals surface area (Å²) in [7, 11) is 3.47. The lowest BCUT2D eigenvalue weighted by Gasteiger charge is -2.36. The van der Waals surface area contributed by atoms with Gasteiger partial charge in [-0.15, -0.1) is 5.10 Å². The first kappa shape index (κ1) is 26.8. The molecule has 2 aliphatic rings. The number of ether oxygens (including phenoxy) is 1. The van der Waals surface area contributed by atoms with E-state index in [2.05, 4.69) is 36.6 Å². The molecule has 0 spiro atoms. The Hall–Kier alpha value is -2.84. The van der Waals surface area contributed by atoms with E-state index in [1.165, 1.54) is 45.2 Å². The van der Waals surface area contributed by atoms with Crippen LogP contribution in [0.1, 0.15) is 52.9 Å². The molecule has 0 unspecified atom stereocenters. The van der Waals surface area contributed by atoms with E-state index in [0.717, 1.165) is 47.2 Å². The normalized spacial score (nSPS) is 16.9. The first-order chi connectivity index (χ1) is 17.2. The van der Waals surface area contributed by atoms with Crippen LogP contribution in [-0.4, -0.2) is 65.9 Å². The van der Waals surface area contributed by atoms with E-state index in [-0.39, 0.29) is 1.43 Å². The van der Waals surface area contributed by atoms with Gasteiger partial charge in [-0.1, -0.05) is 39.2 Å². The Balaban J connectivity index is 0.000000260. The average Bonchev–Trinajstić information content (AvgIpc) is 3.36. The highest BCUT2D eigenvalue weighted by atomic mass is 16.5. The van der Waals surface area contributed by atoms with Crippen LogP contribution < -0.4 is 5.32 Å². The summed E-state index contributed by atoms with van der Waals surface area (Å²) in [5.74, 6) is 0.597. The molecule has 1 N–H and O–H groups in total. The summed E-state index contributed by atoms with van der Waals surface area (Å²) in [4.78, 5) is 6.90. The van der Waals surface area contributed by atoms with Crippen LogP contribution in [-0.2, 0) is 4.74 Å². The fourth-order valence-corrected chi connectivity index (χ4v) is 4.69. The summed E-state index contributed by atoms with van der Waals surface area (Å²) in [6.45, 7) is 10.3. The number of hydrogen-bond donors (Lipinski definition) is 1. The van der Waals surface area contributed by atoms with Gasteiger partial charge in [0, 0.05) is 46.4 Å². The Labute approximate surface area is 211 Å². The van der Waals surface area contributed by atoms with Crippen LogP contribution in [0, 0.1) is 6.92 Å². The number of aromatic nitrogens is 3. The number of benzene rings is 1. The summed E-state index contributed by atoms with van der Waals surface area (Å²) in [5.41, 5.74) is 5.16. The summed E-state index contributed by atoms with van der Waals surface area (Å²) in [6, 6.07) is 9.05. The molecule has 8 nitrogen and oxygen atoms in total. The molecule has 3 heterocycles. The van der Waals surface area contributed by atoms with Gasteiger partial charge in [0.25, 0.3) is 0 Å². The van der Waals surface area contributed by atoms with Crippen molar-refractivity contribution in [2.24, 2.45) is 10.2 Å². The zero-order valence-electron chi connectivity index (χ0n) is 22.0. The molecule has 1 saturated carbocycles. The van der Waals surface area contributed by atoms with Crippen molar-refractivity contribution in [2.75, 3.05) is 45.7 Å². The van der Waals surface area contributed by atoms with Gasteiger partial charge in [0.15, 0.2) is 0 Å². The van der Waals surface area contributed by atoms with Crippen molar-refractivity contribution in [3.05, 3.63) is 42.2 Å². The number of azo groups is 1. The predicted molar refractivity (Wildman–Crippen MR) is 146 cm³/mol. The lowest BCUT2D eigenvalue weighted by atomic mass is 9.94. The minimum Gasteiger partial charge on any atom is -0.379 e. The molecule has 0 radical (unpaired) electrons. The Kier molecular flexibility index (Phi) is 10.6. The standard InChI is InChI=1S/C15H16N6.C10H19NO.C2H6.H2/c1-10-8-11(4-5-13(10)19-17-3)12-6-7-21-14(12)9-18-15(16-2)20-21;1-2-4-10(5-3-1)11-6-8-12-9-7-11;1-2;/h4-9H,1-3H3,(H,16,20);10H,1-9H2;1-2H3;1H. The third-order valence-electron chi connectivity index (χ3n) is 6.49. The topological polar surface area (TPSA) is 79.4 Å². The molecule has 1 aromatic carbocycles.